The second-order valence-corrected chi connectivity index (χ2v) is 8.79. The second kappa shape index (κ2) is 6.32. The molecule has 4 nitrogen and oxygen atoms in total. The minimum absolute atomic E-state index is 0.105. The molecule has 20 heavy (non-hydrogen) atoms. The predicted molar refractivity (Wildman–Crippen MR) is 81.0 cm³/mol. The molecule has 5 heteroatoms. The van der Waals surface area contributed by atoms with Crippen LogP contribution in [-0.4, -0.2) is 43.3 Å². The lowest BCUT2D eigenvalue weighted by molar-refractivity contribution is 0.00149. The summed E-state index contributed by atoms with van der Waals surface area (Å²) in [6, 6.07) is 0. The second-order valence-electron chi connectivity index (χ2n) is 6.80. The monoisotopic (exact) mass is 303 g/mol. The largest absolute Gasteiger partial charge is 0.393 e. The number of nitrogens with zero attached hydrogens (tertiary/aromatic N) is 1. The summed E-state index contributed by atoms with van der Waals surface area (Å²) in [7, 11) is -3.08. The zero-order valence-electron chi connectivity index (χ0n) is 12.8. The molecule has 2 fully saturated rings. The van der Waals surface area contributed by atoms with E-state index in [9.17, 15) is 13.5 Å². The minimum atomic E-state index is -3.08. The van der Waals surface area contributed by atoms with Gasteiger partial charge in [0.05, 0.1) is 12.4 Å². The third kappa shape index (κ3) is 3.55. The van der Waals surface area contributed by atoms with Crippen molar-refractivity contribution in [2.75, 3.05) is 19.3 Å². The Morgan fingerprint density at radius 3 is 2.50 bits per heavy atom. The van der Waals surface area contributed by atoms with Crippen molar-refractivity contribution in [2.45, 2.75) is 64.4 Å². The van der Waals surface area contributed by atoms with Crippen LogP contribution < -0.4 is 0 Å². The van der Waals surface area contributed by atoms with E-state index in [2.05, 4.69) is 6.92 Å². The maximum absolute atomic E-state index is 11.7. The molecular weight excluding hydrogens is 274 g/mol. The summed E-state index contributed by atoms with van der Waals surface area (Å²) in [6.45, 7) is 3.41. The fraction of sp³-hybridized carbons (Fsp3) is 1.00. The molecular formula is C15H29NO3S. The van der Waals surface area contributed by atoms with Crippen molar-refractivity contribution in [3.63, 3.8) is 0 Å². The van der Waals surface area contributed by atoms with Gasteiger partial charge in [-0.25, -0.2) is 12.7 Å². The van der Waals surface area contributed by atoms with Crippen molar-refractivity contribution >= 4 is 10.0 Å². The molecule has 2 rings (SSSR count). The van der Waals surface area contributed by atoms with Gasteiger partial charge >= 0.3 is 0 Å². The summed E-state index contributed by atoms with van der Waals surface area (Å²) in [5.41, 5.74) is 0.105. The molecule has 0 aromatic heterocycles. The van der Waals surface area contributed by atoms with Gasteiger partial charge in [0, 0.05) is 13.1 Å². The summed E-state index contributed by atoms with van der Waals surface area (Å²) >= 11 is 0. The van der Waals surface area contributed by atoms with Crippen LogP contribution in [0.5, 0.6) is 0 Å². The van der Waals surface area contributed by atoms with E-state index in [0.717, 1.165) is 38.5 Å². The topological polar surface area (TPSA) is 57.6 Å². The number of aliphatic hydroxyl groups excluding tert-OH is 1. The third-order valence-corrected chi connectivity index (χ3v) is 6.79. The van der Waals surface area contributed by atoms with Gasteiger partial charge < -0.3 is 5.11 Å². The smallest absolute Gasteiger partial charge is 0.211 e. The Morgan fingerprint density at radius 1 is 1.30 bits per heavy atom. The fourth-order valence-electron chi connectivity index (χ4n) is 4.09. The van der Waals surface area contributed by atoms with E-state index in [1.807, 2.05) is 0 Å². The van der Waals surface area contributed by atoms with E-state index in [0.29, 0.717) is 19.0 Å². The predicted octanol–water partition coefficient (Wildman–Crippen LogP) is 2.38. The van der Waals surface area contributed by atoms with Gasteiger partial charge in [-0.2, -0.15) is 0 Å². The molecule has 0 aromatic carbocycles. The number of hydrogen-bond acceptors (Lipinski definition) is 3. The molecule has 0 spiro atoms. The zero-order chi connectivity index (χ0) is 14.8. The molecule has 1 aliphatic carbocycles. The molecule has 0 radical (unpaired) electrons. The lowest BCUT2D eigenvalue weighted by Gasteiger charge is -2.38. The summed E-state index contributed by atoms with van der Waals surface area (Å²) in [5, 5.41) is 10.7. The molecule has 1 heterocycles. The Balaban J connectivity index is 1.95. The summed E-state index contributed by atoms with van der Waals surface area (Å²) in [4.78, 5) is 0. The first kappa shape index (κ1) is 16.2. The lowest BCUT2D eigenvalue weighted by atomic mass is 9.74. The minimum Gasteiger partial charge on any atom is -0.393 e. The van der Waals surface area contributed by atoms with Crippen molar-refractivity contribution in [1.29, 1.82) is 0 Å². The normalized spacial score (nSPS) is 29.4. The molecule has 2 aliphatic rings. The van der Waals surface area contributed by atoms with Gasteiger partial charge in [0.1, 0.15) is 0 Å². The van der Waals surface area contributed by atoms with Gasteiger partial charge in [-0.1, -0.05) is 19.8 Å². The molecule has 0 bridgehead atoms. The van der Waals surface area contributed by atoms with Gasteiger partial charge in [0.25, 0.3) is 0 Å². The standard InChI is InChI=1S/C15H29NO3S/c1-3-15(8-4-5-9-15)14(17)11-13-7-6-10-16(12-13)20(2,18)19/h13-14,17H,3-12H2,1-2H3. The third-order valence-electron chi connectivity index (χ3n) is 5.52. The van der Waals surface area contributed by atoms with Crippen LogP contribution >= 0.6 is 0 Å². The first-order valence-electron chi connectivity index (χ1n) is 8.00. The highest BCUT2D eigenvalue weighted by Crippen LogP contribution is 2.46. The van der Waals surface area contributed by atoms with Crippen LogP contribution in [0.3, 0.4) is 0 Å². The highest BCUT2D eigenvalue weighted by Gasteiger charge is 2.40. The van der Waals surface area contributed by atoms with E-state index in [4.69, 9.17) is 0 Å². The van der Waals surface area contributed by atoms with Crippen molar-refractivity contribution in [3.05, 3.63) is 0 Å². The fourth-order valence-corrected chi connectivity index (χ4v) is 5.03. The molecule has 0 amide bonds. The van der Waals surface area contributed by atoms with E-state index in [1.54, 1.807) is 4.31 Å². The van der Waals surface area contributed by atoms with Crippen LogP contribution in [0.2, 0.25) is 0 Å². The van der Waals surface area contributed by atoms with Crippen molar-refractivity contribution in [3.8, 4) is 0 Å². The van der Waals surface area contributed by atoms with Crippen LogP contribution in [-0.2, 0) is 10.0 Å². The van der Waals surface area contributed by atoms with Gasteiger partial charge in [-0.15, -0.1) is 0 Å². The highest BCUT2D eigenvalue weighted by molar-refractivity contribution is 7.88. The van der Waals surface area contributed by atoms with Gasteiger partial charge in [0.15, 0.2) is 0 Å². The molecule has 1 aliphatic heterocycles. The van der Waals surface area contributed by atoms with E-state index in [1.165, 1.54) is 19.1 Å². The Labute approximate surface area is 123 Å². The molecule has 0 aromatic rings. The first-order valence-corrected chi connectivity index (χ1v) is 9.85. The Hall–Kier alpha value is -0.130. The maximum Gasteiger partial charge on any atom is 0.211 e. The number of rotatable bonds is 5. The van der Waals surface area contributed by atoms with Crippen LogP contribution in [0.1, 0.15) is 58.3 Å². The van der Waals surface area contributed by atoms with Crippen molar-refractivity contribution in [1.82, 2.24) is 4.31 Å². The number of hydrogen-bond donors (Lipinski definition) is 1. The number of aliphatic hydroxyl groups is 1. The summed E-state index contributed by atoms with van der Waals surface area (Å²) in [6.07, 6.45) is 9.51. The van der Waals surface area contributed by atoms with Crippen molar-refractivity contribution in [2.24, 2.45) is 11.3 Å². The Kier molecular flexibility index (Phi) is 5.14. The van der Waals surface area contributed by atoms with Crippen LogP contribution in [0.25, 0.3) is 0 Å². The average Bonchev–Trinajstić information content (AvgIpc) is 2.88. The maximum atomic E-state index is 11.7. The zero-order valence-corrected chi connectivity index (χ0v) is 13.7. The quantitative estimate of drug-likeness (QED) is 0.848. The van der Waals surface area contributed by atoms with Crippen LogP contribution in [0, 0.1) is 11.3 Å². The van der Waals surface area contributed by atoms with Crippen LogP contribution in [0.15, 0.2) is 0 Å². The van der Waals surface area contributed by atoms with Gasteiger partial charge in [-0.3, -0.25) is 0 Å². The molecule has 1 N–H and O–H groups in total. The average molecular weight is 303 g/mol. The molecule has 118 valence electrons. The van der Waals surface area contributed by atoms with Gasteiger partial charge in [-0.05, 0) is 49.9 Å². The lowest BCUT2D eigenvalue weighted by Crippen LogP contribution is -2.42. The first-order chi connectivity index (χ1) is 9.37. The SMILES string of the molecule is CCC1(C(O)CC2CCCN(S(C)(=O)=O)C2)CCCC1. The van der Waals surface area contributed by atoms with Crippen LogP contribution in [0.4, 0.5) is 0 Å². The molecule has 1 saturated carbocycles. The molecule has 2 unspecified atom stereocenters. The van der Waals surface area contributed by atoms with Crippen molar-refractivity contribution < 1.29 is 13.5 Å². The Bertz CT molecular complexity index is 415. The highest BCUT2D eigenvalue weighted by atomic mass is 32.2. The van der Waals surface area contributed by atoms with E-state index in [-0.39, 0.29) is 11.5 Å². The van der Waals surface area contributed by atoms with E-state index < -0.39 is 10.0 Å². The summed E-state index contributed by atoms with van der Waals surface area (Å²) < 4.78 is 24.9. The molecule has 2 atom stereocenters. The number of piperidine rings is 1. The molecule has 1 saturated heterocycles. The van der Waals surface area contributed by atoms with Gasteiger partial charge in [0.2, 0.25) is 10.0 Å². The Morgan fingerprint density at radius 2 is 1.95 bits per heavy atom. The summed E-state index contributed by atoms with van der Waals surface area (Å²) in [5.74, 6) is 0.317. The van der Waals surface area contributed by atoms with E-state index >= 15 is 0 Å². The number of sulfonamides is 1.